The topological polar surface area (TPSA) is 77.0 Å². The van der Waals surface area contributed by atoms with Crippen molar-refractivity contribution >= 4 is 29.9 Å². The molecule has 0 saturated carbocycles. The molecule has 1 heterocycles. The fourth-order valence-corrected chi connectivity index (χ4v) is 2.47. The minimum absolute atomic E-state index is 0. The molecule has 1 aromatic carbocycles. The predicted molar refractivity (Wildman–Crippen MR) is 131 cm³/mol. The Kier molecular flexibility index (Phi) is 12.8. The lowest BCUT2D eigenvalue weighted by Crippen LogP contribution is -2.37. The van der Waals surface area contributed by atoms with Crippen molar-refractivity contribution < 1.29 is 14.2 Å². The highest BCUT2D eigenvalue weighted by molar-refractivity contribution is 14.0. The van der Waals surface area contributed by atoms with Gasteiger partial charge in [0.25, 0.3) is 0 Å². The molecule has 0 aliphatic heterocycles. The molecular weight excluding hydrogens is 495 g/mol. The molecule has 1 aromatic heterocycles. The molecule has 166 valence electrons. The van der Waals surface area contributed by atoms with Crippen molar-refractivity contribution in [3.63, 3.8) is 0 Å². The Bertz CT molecular complexity index is 754. The lowest BCUT2D eigenvalue weighted by atomic mass is 10.2. The molecule has 0 saturated heterocycles. The molecule has 8 heteroatoms. The first kappa shape index (κ1) is 26.0. The number of guanidine groups is 1. The third-order valence-electron chi connectivity index (χ3n) is 3.95. The van der Waals surface area contributed by atoms with E-state index in [-0.39, 0.29) is 24.0 Å². The highest BCUT2D eigenvalue weighted by atomic mass is 127. The molecule has 0 atom stereocenters. The minimum atomic E-state index is 0. The van der Waals surface area contributed by atoms with E-state index in [1.165, 1.54) is 0 Å². The second-order valence-corrected chi connectivity index (χ2v) is 6.96. The van der Waals surface area contributed by atoms with Gasteiger partial charge in [0.05, 0.1) is 7.11 Å². The summed E-state index contributed by atoms with van der Waals surface area (Å²) in [7, 11) is 3.39. The van der Waals surface area contributed by atoms with Gasteiger partial charge >= 0.3 is 0 Å². The van der Waals surface area contributed by atoms with E-state index in [1.807, 2.05) is 36.4 Å². The summed E-state index contributed by atoms with van der Waals surface area (Å²) in [4.78, 5) is 8.60. The van der Waals surface area contributed by atoms with Gasteiger partial charge in [-0.15, -0.1) is 24.0 Å². The average molecular weight is 528 g/mol. The van der Waals surface area contributed by atoms with Crippen molar-refractivity contribution in [2.75, 3.05) is 33.9 Å². The number of nitrogens with zero attached hydrogens (tertiary/aromatic N) is 2. The van der Waals surface area contributed by atoms with E-state index >= 15 is 0 Å². The van der Waals surface area contributed by atoms with Gasteiger partial charge in [-0.2, -0.15) is 0 Å². The smallest absolute Gasteiger partial charge is 0.219 e. The van der Waals surface area contributed by atoms with E-state index in [9.17, 15) is 0 Å². The zero-order valence-corrected chi connectivity index (χ0v) is 20.5. The first-order valence-electron chi connectivity index (χ1n) is 9.89. The molecule has 0 radical (unpaired) electrons. The second-order valence-electron chi connectivity index (χ2n) is 6.96. The summed E-state index contributed by atoms with van der Waals surface area (Å²) in [6, 6.07) is 11.3. The summed E-state index contributed by atoms with van der Waals surface area (Å²) in [6.45, 7) is 7.28. The highest BCUT2D eigenvalue weighted by Crippen LogP contribution is 2.23. The number of nitrogens with one attached hydrogen (secondary N) is 2. The quantitative estimate of drug-likeness (QED) is 0.197. The van der Waals surface area contributed by atoms with Crippen LogP contribution < -0.4 is 20.1 Å². The van der Waals surface area contributed by atoms with Gasteiger partial charge in [-0.05, 0) is 30.0 Å². The zero-order valence-electron chi connectivity index (χ0n) is 18.2. The Hall–Kier alpha value is -2.07. The van der Waals surface area contributed by atoms with E-state index in [0.717, 1.165) is 43.5 Å². The molecule has 0 spiro atoms. The summed E-state index contributed by atoms with van der Waals surface area (Å²) in [5, 5.41) is 6.56. The molecule has 2 aromatic rings. The van der Waals surface area contributed by atoms with Crippen molar-refractivity contribution in [3.8, 4) is 17.4 Å². The molecule has 0 unspecified atom stereocenters. The van der Waals surface area contributed by atoms with Crippen LogP contribution in [0.3, 0.4) is 0 Å². The Morgan fingerprint density at radius 2 is 1.93 bits per heavy atom. The summed E-state index contributed by atoms with van der Waals surface area (Å²) in [5.41, 5.74) is 1.03. The van der Waals surface area contributed by atoms with Crippen LogP contribution in [-0.2, 0) is 11.3 Å². The maximum Gasteiger partial charge on any atom is 0.219 e. The minimum Gasteiger partial charge on any atom is -0.497 e. The largest absolute Gasteiger partial charge is 0.497 e. The van der Waals surface area contributed by atoms with Gasteiger partial charge in [-0.1, -0.05) is 26.0 Å². The third-order valence-corrected chi connectivity index (χ3v) is 3.95. The van der Waals surface area contributed by atoms with Crippen LogP contribution in [0.4, 0.5) is 0 Å². The van der Waals surface area contributed by atoms with Crippen molar-refractivity contribution in [1.29, 1.82) is 0 Å². The number of hydrogen-bond donors (Lipinski definition) is 2. The maximum atomic E-state index is 5.76. The molecule has 0 aliphatic rings. The zero-order chi connectivity index (χ0) is 20.9. The van der Waals surface area contributed by atoms with Gasteiger partial charge in [0.1, 0.15) is 11.5 Å². The number of methoxy groups -OCH3 is 1. The van der Waals surface area contributed by atoms with Gasteiger partial charge in [0.2, 0.25) is 5.88 Å². The lowest BCUT2D eigenvalue weighted by Gasteiger charge is -2.12. The first-order chi connectivity index (χ1) is 14.1. The van der Waals surface area contributed by atoms with Gasteiger partial charge in [-0.25, -0.2) is 4.98 Å². The second kappa shape index (κ2) is 14.8. The van der Waals surface area contributed by atoms with E-state index < -0.39 is 0 Å². The van der Waals surface area contributed by atoms with Gasteiger partial charge in [0, 0.05) is 51.7 Å². The normalized spacial score (nSPS) is 11.0. The van der Waals surface area contributed by atoms with Crippen molar-refractivity contribution in [2.45, 2.75) is 26.8 Å². The van der Waals surface area contributed by atoms with Gasteiger partial charge in [-0.3, -0.25) is 4.99 Å². The monoisotopic (exact) mass is 528 g/mol. The van der Waals surface area contributed by atoms with E-state index in [1.54, 1.807) is 20.4 Å². The molecule has 0 bridgehead atoms. The molecule has 2 N–H and O–H groups in total. The molecule has 0 amide bonds. The highest BCUT2D eigenvalue weighted by Gasteiger charge is 2.03. The van der Waals surface area contributed by atoms with E-state index in [4.69, 9.17) is 14.2 Å². The average Bonchev–Trinajstić information content (AvgIpc) is 2.73. The Morgan fingerprint density at radius 1 is 1.13 bits per heavy atom. The fraction of sp³-hybridized carbons (Fsp3) is 0.455. The van der Waals surface area contributed by atoms with Crippen LogP contribution in [-0.4, -0.2) is 44.9 Å². The third kappa shape index (κ3) is 10.1. The molecule has 0 aliphatic carbocycles. The fourth-order valence-electron chi connectivity index (χ4n) is 2.47. The van der Waals surface area contributed by atoms with Crippen LogP contribution in [0.5, 0.6) is 17.4 Å². The van der Waals surface area contributed by atoms with E-state index in [2.05, 4.69) is 34.5 Å². The number of halogens is 1. The van der Waals surface area contributed by atoms with Crippen LogP contribution in [0.25, 0.3) is 0 Å². The Labute approximate surface area is 196 Å². The van der Waals surface area contributed by atoms with Gasteiger partial charge in [0.15, 0.2) is 5.96 Å². The first-order valence-corrected chi connectivity index (χ1v) is 9.89. The predicted octanol–water partition coefficient (Wildman–Crippen LogP) is 4.23. The van der Waals surface area contributed by atoms with Crippen molar-refractivity contribution in [1.82, 2.24) is 15.6 Å². The van der Waals surface area contributed by atoms with E-state index in [0.29, 0.717) is 24.1 Å². The number of aromatic nitrogens is 1. The Morgan fingerprint density at radius 3 is 2.60 bits per heavy atom. The van der Waals surface area contributed by atoms with Crippen LogP contribution in [0.15, 0.2) is 47.6 Å². The van der Waals surface area contributed by atoms with Crippen LogP contribution in [0.1, 0.15) is 25.8 Å². The summed E-state index contributed by atoms with van der Waals surface area (Å²) in [6.07, 6.45) is 2.72. The number of rotatable bonds is 11. The number of aliphatic imine (C=N–C) groups is 1. The summed E-state index contributed by atoms with van der Waals surface area (Å²) < 4.78 is 16.5. The summed E-state index contributed by atoms with van der Waals surface area (Å²) >= 11 is 0. The van der Waals surface area contributed by atoms with Crippen LogP contribution in [0, 0.1) is 5.92 Å². The molecule has 7 nitrogen and oxygen atoms in total. The number of hydrogen-bond acceptors (Lipinski definition) is 5. The van der Waals surface area contributed by atoms with Crippen molar-refractivity contribution in [3.05, 3.63) is 48.2 Å². The molecule has 2 rings (SSSR count). The Balaban J connectivity index is 0.00000450. The van der Waals surface area contributed by atoms with Crippen LogP contribution >= 0.6 is 24.0 Å². The number of ether oxygens (including phenoxy) is 3. The number of pyridine rings is 1. The van der Waals surface area contributed by atoms with Gasteiger partial charge < -0.3 is 24.8 Å². The number of benzene rings is 1. The summed E-state index contributed by atoms with van der Waals surface area (Å²) in [5.74, 6) is 3.29. The maximum absolute atomic E-state index is 5.76. The molecule has 0 fully saturated rings. The molecular formula is C22H33IN4O3. The van der Waals surface area contributed by atoms with Crippen molar-refractivity contribution in [2.24, 2.45) is 10.9 Å². The standard InChI is InChI=1S/C22H32N4O3.HI/c1-17(2)16-28-12-6-11-24-22(23-3)26-15-18-9-10-21(25-14-18)29-20-8-5-7-19(13-20)27-4;/h5,7-10,13-14,17H,6,11-12,15-16H2,1-4H3,(H2,23,24,26);1H. The SMILES string of the molecule is CN=C(NCCCOCC(C)C)NCc1ccc(Oc2cccc(OC)c2)nc1.I. The molecule has 30 heavy (non-hydrogen) atoms. The lowest BCUT2D eigenvalue weighted by molar-refractivity contribution is 0.108. The van der Waals surface area contributed by atoms with Crippen LogP contribution in [0.2, 0.25) is 0 Å².